The van der Waals surface area contributed by atoms with Crippen LogP contribution in [0.4, 0.5) is 5.69 Å². The number of ether oxygens (including phenoxy) is 1. The van der Waals surface area contributed by atoms with Crippen LogP contribution in [0.1, 0.15) is 27.2 Å². The molecule has 1 aromatic carbocycles. The Balaban J connectivity index is 2.25. The molecule has 22 heavy (non-hydrogen) atoms. The quantitative estimate of drug-likeness (QED) is 0.816. The van der Waals surface area contributed by atoms with Crippen LogP contribution in [0, 0.1) is 11.3 Å². The van der Waals surface area contributed by atoms with Crippen LogP contribution in [0.2, 0.25) is 0 Å². The summed E-state index contributed by atoms with van der Waals surface area (Å²) in [6, 6.07) is 7.96. The molecule has 0 fully saturated rings. The Labute approximate surface area is 128 Å². The number of anilines is 1. The number of hydrogen-bond donors (Lipinski definition) is 2. The highest BCUT2D eigenvalue weighted by Crippen LogP contribution is 2.29. The van der Waals surface area contributed by atoms with Crippen molar-refractivity contribution >= 4 is 11.7 Å². The largest absolute Gasteiger partial charge is 0.464 e. The summed E-state index contributed by atoms with van der Waals surface area (Å²) in [6.07, 6.45) is 2.52. The normalized spacial score (nSPS) is 13.3. The third kappa shape index (κ3) is 2.12. The van der Waals surface area contributed by atoms with Gasteiger partial charge < -0.3 is 20.4 Å². The monoisotopic (exact) mass is 296 g/mol. The molecule has 2 aromatic rings. The Morgan fingerprint density at radius 3 is 3.05 bits per heavy atom. The zero-order valence-electron chi connectivity index (χ0n) is 12.2. The highest BCUT2D eigenvalue weighted by Gasteiger charge is 2.24. The van der Waals surface area contributed by atoms with E-state index < -0.39 is 5.97 Å². The first-order chi connectivity index (χ1) is 10.7. The Kier molecular flexibility index (Phi) is 3.57. The van der Waals surface area contributed by atoms with Gasteiger partial charge in [0, 0.05) is 12.7 Å². The van der Waals surface area contributed by atoms with Gasteiger partial charge in [0.1, 0.15) is 6.07 Å². The van der Waals surface area contributed by atoms with E-state index in [1.807, 2.05) is 18.2 Å². The van der Waals surface area contributed by atoms with Crippen molar-refractivity contribution in [1.29, 1.82) is 5.26 Å². The summed E-state index contributed by atoms with van der Waals surface area (Å²) in [7, 11) is 1.30. The lowest BCUT2D eigenvalue weighted by atomic mass is 9.99. The molecule has 112 valence electrons. The fourth-order valence-corrected chi connectivity index (χ4v) is 2.83. The minimum Gasteiger partial charge on any atom is -0.464 e. The van der Waals surface area contributed by atoms with Gasteiger partial charge in [0.25, 0.3) is 0 Å². The molecule has 0 aliphatic carbocycles. The van der Waals surface area contributed by atoms with Gasteiger partial charge in [0.2, 0.25) is 0 Å². The molecule has 2 heterocycles. The molecule has 1 aliphatic rings. The minimum atomic E-state index is -0.555. The summed E-state index contributed by atoms with van der Waals surface area (Å²) >= 11 is 0. The fourth-order valence-electron chi connectivity index (χ4n) is 2.83. The van der Waals surface area contributed by atoms with Crippen LogP contribution < -0.4 is 11.1 Å². The van der Waals surface area contributed by atoms with Crippen molar-refractivity contribution in [3.8, 4) is 11.8 Å². The summed E-state index contributed by atoms with van der Waals surface area (Å²) in [6.45, 7) is 1.64. The van der Waals surface area contributed by atoms with Gasteiger partial charge in [-0.3, -0.25) is 0 Å². The van der Waals surface area contributed by atoms with Crippen molar-refractivity contribution in [3.63, 3.8) is 0 Å². The Morgan fingerprint density at radius 1 is 1.50 bits per heavy atom. The smallest absolute Gasteiger partial charge is 0.357 e. The zero-order valence-corrected chi connectivity index (χ0v) is 12.2. The third-order valence-corrected chi connectivity index (χ3v) is 3.92. The van der Waals surface area contributed by atoms with Gasteiger partial charge in [-0.05, 0) is 30.2 Å². The molecule has 0 radical (unpaired) electrons. The van der Waals surface area contributed by atoms with Crippen LogP contribution in [0.15, 0.2) is 24.4 Å². The maximum Gasteiger partial charge on any atom is 0.357 e. The van der Waals surface area contributed by atoms with Gasteiger partial charge in [-0.15, -0.1) is 0 Å². The zero-order chi connectivity index (χ0) is 15.7. The number of rotatable bonds is 2. The summed E-state index contributed by atoms with van der Waals surface area (Å²) < 4.78 is 6.47. The molecule has 1 aromatic heterocycles. The molecule has 3 N–H and O–H groups in total. The van der Waals surface area contributed by atoms with Gasteiger partial charge >= 0.3 is 5.97 Å². The molecule has 0 saturated carbocycles. The van der Waals surface area contributed by atoms with Crippen molar-refractivity contribution < 1.29 is 9.53 Å². The van der Waals surface area contributed by atoms with Crippen LogP contribution in [-0.2, 0) is 17.7 Å². The molecular formula is C16H16N4O2. The number of carbonyl (C=O) groups excluding carboxylic acids is 1. The van der Waals surface area contributed by atoms with Gasteiger partial charge in [-0.1, -0.05) is 12.1 Å². The lowest BCUT2D eigenvalue weighted by molar-refractivity contribution is 0.0593. The number of esters is 1. The molecule has 0 amide bonds. The Hall–Kier alpha value is -2.78. The second kappa shape index (κ2) is 5.54. The summed E-state index contributed by atoms with van der Waals surface area (Å²) in [5.74, 6) is -0.555. The van der Waals surface area contributed by atoms with Crippen LogP contribution in [-0.4, -0.2) is 24.2 Å². The second-order valence-electron chi connectivity index (χ2n) is 5.12. The molecule has 6 nitrogen and oxygen atoms in total. The van der Waals surface area contributed by atoms with E-state index in [2.05, 4.69) is 11.4 Å². The average molecular weight is 296 g/mol. The van der Waals surface area contributed by atoms with E-state index in [0.717, 1.165) is 24.2 Å². The SMILES string of the molecule is COC(=O)c1c(N)c(C#N)cn1-c1cccc2c1CNCC2. The number of nitrogens with one attached hydrogen (secondary N) is 1. The van der Waals surface area contributed by atoms with Crippen molar-refractivity contribution in [2.45, 2.75) is 13.0 Å². The molecule has 1 aliphatic heterocycles. The van der Waals surface area contributed by atoms with Gasteiger partial charge in [-0.2, -0.15) is 5.26 Å². The van der Waals surface area contributed by atoms with Gasteiger partial charge in [0.05, 0.1) is 24.0 Å². The van der Waals surface area contributed by atoms with E-state index in [-0.39, 0.29) is 16.9 Å². The Bertz CT molecular complexity index is 786. The number of nitrogens with zero attached hydrogens (tertiary/aromatic N) is 2. The van der Waals surface area contributed by atoms with E-state index in [1.54, 1.807) is 10.8 Å². The number of hydrogen-bond acceptors (Lipinski definition) is 5. The summed E-state index contributed by atoms with van der Waals surface area (Å²) in [5.41, 5.74) is 9.74. The fraction of sp³-hybridized carbons (Fsp3) is 0.250. The summed E-state index contributed by atoms with van der Waals surface area (Å²) in [5, 5.41) is 12.5. The number of nitrogens with two attached hydrogens (primary N) is 1. The molecule has 0 spiro atoms. The molecule has 0 unspecified atom stereocenters. The van der Waals surface area contributed by atoms with E-state index in [0.29, 0.717) is 6.54 Å². The number of carbonyl (C=O) groups is 1. The summed E-state index contributed by atoms with van der Waals surface area (Å²) in [4.78, 5) is 12.1. The number of fused-ring (bicyclic) bond motifs is 1. The number of nitrogen functional groups attached to an aromatic ring is 1. The number of nitriles is 1. The van der Waals surface area contributed by atoms with E-state index in [1.165, 1.54) is 12.7 Å². The van der Waals surface area contributed by atoms with Gasteiger partial charge in [-0.25, -0.2) is 4.79 Å². The second-order valence-corrected chi connectivity index (χ2v) is 5.12. The number of benzene rings is 1. The van der Waals surface area contributed by atoms with Crippen LogP contribution in [0.3, 0.4) is 0 Å². The highest BCUT2D eigenvalue weighted by molar-refractivity contribution is 5.96. The van der Waals surface area contributed by atoms with E-state index in [4.69, 9.17) is 10.5 Å². The van der Waals surface area contributed by atoms with Crippen molar-refractivity contribution in [2.75, 3.05) is 19.4 Å². The first kappa shape index (κ1) is 14.2. The van der Waals surface area contributed by atoms with E-state index >= 15 is 0 Å². The molecule has 6 heteroatoms. The topological polar surface area (TPSA) is 93.1 Å². The molecule has 0 atom stereocenters. The standard InChI is InChI=1S/C16H16N4O2/c1-22-16(21)15-14(18)11(7-17)9-20(15)13-4-2-3-10-5-6-19-8-12(10)13/h2-4,9,19H,5-6,8,18H2,1H3. The van der Waals surface area contributed by atoms with Crippen molar-refractivity contribution in [3.05, 3.63) is 46.8 Å². The van der Waals surface area contributed by atoms with Crippen molar-refractivity contribution in [1.82, 2.24) is 9.88 Å². The predicted molar refractivity (Wildman–Crippen MR) is 81.6 cm³/mol. The van der Waals surface area contributed by atoms with Crippen LogP contribution in [0.25, 0.3) is 5.69 Å². The van der Waals surface area contributed by atoms with Crippen molar-refractivity contribution in [2.24, 2.45) is 0 Å². The number of methoxy groups -OCH3 is 1. The first-order valence-corrected chi connectivity index (χ1v) is 6.98. The van der Waals surface area contributed by atoms with Crippen LogP contribution in [0.5, 0.6) is 0 Å². The molecule has 0 bridgehead atoms. The third-order valence-electron chi connectivity index (χ3n) is 3.92. The maximum absolute atomic E-state index is 12.1. The predicted octanol–water partition coefficient (Wildman–Crippen LogP) is 1.36. The molecule has 0 saturated heterocycles. The van der Waals surface area contributed by atoms with E-state index in [9.17, 15) is 10.1 Å². The van der Waals surface area contributed by atoms with Gasteiger partial charge in [0.15, 0.2) is 5.69 Å². The lowest BCUT2D eigenvalue weighted by Crippen LogP contribution is -2.25. The Morgan fingerprint density at radius 2 is 2.32 bits per heavy atom. The van der Waals surface area contributed by atoms with Crippen LogP contribution >= 0.6 is 0 Å². The number of aromatic nitrogens is 1. The first-order valence-electron chi connectivity index (χ1n) is 6.98. The highest BCUT2D eigenvalue weighted by atomic mass is 16.5. The molecule has 3 rings (SSSR count). The minimum absolute atomic E-state index is 0.149. The maximum atomic E-state index is 12.1. The molecular weight excluding hydrogens is 280 g/mol. The lowest BCUT2D eigenvalue weighted by Gasteiger charge is -2.21. The average Bonchev–Trinajstić information content (AvgIpc) is 2.90.